The van der Waals surface area contributed by atoms with E-state index < -0.39 is 0 Å². The van der Waals surface area contributed by atoms with E-state index >= 15 is 0 Å². The standard InChI is InChI=1S/C19H21NO3/c1-15-7-9-17(10-8-15)22-18-11-13-20(14-12-18)19(21)23-16-5-3-2-4-6-16/h2-10,18H,11-14H2,1H3. The van der Waals surface area contributed by atoms with Crippen LogP contribution < -0.4 is 9.47 Å². The molecule has 1 heterocycles. The first kappa shape index (κ1) is 15.4. The summed E-state index contributed by atoms with van der Waals surface area (Å²) in [6.07, 6.45) is 1.50. The molecule has 0 bridgehead atoms. The third-order valence-corrected chi connectivity index (χ3v) is 3.97. The predicted octanol–water partition coefficient (Wildman–Crippen LogP) is 4.04. The van der Waals surface area contributed by atoms with Crippen molar-refractivity contribution >= 4 is 6.09 Å². The topological polar surface area (TPSA) is 38.8 Å². The smallest absolute Gasteiger partial charge is 0.415 e. The molecule has 1 aliphatic rings. The van der Waals surface area contributed by atoms with Crippen molar-refractivity contribution in [2.45, 2.75) is 25.9 Å². The van der Waals surface area contributed by atoms with E-state index in [0.717, 1.165) is 18.6 Å². The zero-order valence-electron chi connectivity index (χ0n) is 13.3. The van der Waals surface area contributed by atoms with Crippen molar-refractivity contribution < 1.29 is 14.3 Å². The Kier molecular flexibility index (Phi) is 4.81. The Morgan fingerprint density at radius 3 is 2.26 bits per heavy atom. The Labute approximate surface area is 136 Å². The lowest BCUT2D eigenvalue weighted by Gasteiger charge is -2.31. The first-order valence-corrected chi connectivity index (χ1v) is 7.96. The first-order chi connectivity index (χ1) is 11.2. The highest BCUT2D eigenvalue weighted by molar-refractivity contribution is 5.70. The van der Waals surface area contributed by atoms with Gasteiger partial charge in [-0.3, -0.25) is 0 Å². The summed E-state index contributed by atoms with van der Waals surface area (Å²) >= 11 is 0. The predicted molar refractivity (Wildman–Crippen MR) is 88.9 cm³/mol. The van der Waals surface area contributed by atoms with E-state index in [1.165, 1.54) is 5.56 Å². The van der Waals surface area contributed by atoms with Crippen LogP contribution in [0.5, 0.6) is 11.5 Å². The highest BCUT2D eigenvalue weighted by Crippen LogP contribution is 2.20. The number of para-hydroxylation sites is 1. The molecule has 3 rings (SSSR count). The van der Waals surface area contributed by atoms with Gasteiger partial charge in [-0.05, 0) is 31.2 Å². The molecule has 1 aliphatic heterocycles. The van der Waals surface area contributed by atoms with Gasteiger partial charge in [0, 0.05) is 25.9 Å². The summed E-state index contributed by atoms with van der Waals surface area (Å²) in [4.78, 5) is 13.9. The molecule has 0 aromatic heterocycles. The number of benzene rings is 2. The summed E-state index contributed by atoms with van der Waals surface area (Å²) in [5.41, 5.74) is 1.22. The van der Waals surface area contributed by atoms with Crippen LogP contribution in [0, 0.1) is 6.92 Å². The molecule has 4 nitrogen and oxygen atoms in total. The van der Waals surface area contributed by atoms with E-state index in [9.17, 15) is 4.79 Å². The number of piperidine rings is 1. The summed E-state index contributed by atoms with van der Waals surface area (Å²) in [5.74, 6) is 1.47. The molecule has 1 saturated heterocycles. The molecule has 0 N–H and O–H groups in total. The number of amides is 1. The molecule has 0 saturated carbocycles. The van der Waals surface area contributed by atoms with Crippen molar-refractivity contribution in [3.05, 3.63) is 60.2 Å². The lowest BCUT2D eigenvalue weighted by Crippen LogP contribution is -2.43. The number of carbonyl (C=O) groups excluding carboxylic acids is 1. The maximum atomic E-state index is 12.1. The molecule has 0 aliphatic carbocycles. The van der Waals surface area contributed by atoms with Crippen LogP contribution in [0.15, 0.2) is 54.6 Å². The molecular formula is C19H21NO3. The molecule has 0 unspecified atom stereocenters. The van der Waals surface area contributed by atoms with E-state index in [1.54, 1.807) is 17.0 Å². The van der Waals surface area contributed by atoms with Crippen molar-refractivity contribution in [2.24, 2.45) is 0 Å². The summed E-state index contributed by atoms with van der Waals surface area (Å²) in [6, 6.07) is 17.2. The Morgan fingerprint density at radius 1 is 0.957 bits per heavy atom. The molecule has 2 aromatic rings. The minimum absolute atomic E-state index is 0.151. The minimum atomic E-state index is -0.287. The zero-order chi connectivity index (χ0) is 16.1. The molecule has 4 heteroatoms. The third-order valence-electron chi connectivity index (χ3n) is 3.97. The van der Waals surface area contributed by atoms with Gasteiger partial charge in [0.05, 0.1) is 0 Å². The lowest BCUT2D eigenvalue weighted by molar-refractivity contribution is 0.0930. The second kappa shape index (κ2) is 7.18. The summed E-state index contributed by atoms with van der Waals surface area (Å²) in [7, 11) is 0. The maximum Gasteiger partial charge on any atom is 0.415 e. The van der Waals surface area contributed by atoms with Crippen LogP contribution in [-0.4, -0.2) is 30.2 Å². The average molecular weight is 311 g/mol. The van der Waals surface area contributed by atoms with Gasteiger partial charge in [0.25, 0.3) is 0 Å². The second-order valence-corrected chi connectivity index (χ2v) is 5.80. The van der Waals surface area contributed by atoms with Gasteiger partial charge < -0.3 is 14.4 Å². The lowest BCUT2D eigenvalue weighted by atomic mass is 10.1. The number of aryl methyl sites for hydroxylation is 1. The van der Waals surface area contributed by atoms with Gasteiger partial charge in [0.2, 0.25) is 0 Å². The highest BCUT2D eigenvalue weighted by atomic mass is 16.6. The van der Waals surface area contributed by atoms with Crippen molar-refractivity contribution in [2.75, 3.05) is 13.1 Å². The van der Waals surface area contributed by atoms with Crippen molar-refractivity contribution in [1.29, 1.82) is 0 Å². The van der Waals surface area contributed by atoms with Crippen LogP contribution in [0.25, 0.3) is 0 Å². The molecule has 23 heavy (non-hydrogen) atoms. The number of hydrogen-bond donors (Lipinski definition) is 0. The van der Waals surface area contributed by atoms with Gasteiger partial charge in [0.15, 0.2) is 0 Å². The average Bonchev–Trinajstić information content (AvgIpc) is 2.58. The summed E-state index contributed by atoms with van der Waals surface area (Å²) < 4.78 is 11.3. The molecular weight excluding hydrogens is 290 g/mol. The number of carbonyl (C=O) groups is 1. The van der Waals surface area contributed by atoms with Crippen LogP contribution in [0.3, 0.4) is 0 Å². The van der Waals surface area contributed by atoms with Gasteiger partial charge in [-0.2, -0.15) is 0 Å². The largest absolute Gasteiger partial charge is 0.490 e. The van der Waals surface area contributed by atoms with Gasteiger partial charge in [-0.1, -0.05) is 35.9 Å². The molecule has 0 atom stereocenters. The normalized spacial score (nSPS) is 15.3. The first-order valence-electron chi connectivity index (χ1n) is 7.96. The SMILES string of the molecule is Cc1ccc(OC2CCN(C(=O)Oc3ccccc3)CC2)cc1. The van der Waals surface area contributed by atoms with E-state index in [1.807, 2.05) is 42.5 Å². The van der Waals surface area contributed by atoms with Gasteiger partial charge in [0.1, 0.15) is 17.6 Å². The number of nitrogens with zero attached hydrogens (tertiary/aromatic N) is 1. The van der Waals surface area contributed by atoms with E-state index in [-0.39, 0.29) is 12.2 Å². The summed E-state index contributed by atoms with van der Waals surface area (Å²) in [5, 5.41) is 0. The third kappa shape index (κ3) is 4.25. The number of rotatable bonds is 3. The zero-order valence-corrected chi connectivity index (χ0v) is 13.3. The Balaban J connectivity index is 1.48. The molecule has 1 fully saturated rings. The Hall–Kier alpha value is -2.49. The van der Waals surface area contributed by atoms with Gasteiger partial charge in [-0.25, -0.2) is 4.79 Å². The van der Waals surface area contributed by atoms with Crippen LogP contribution >= 0.6 is 0 Å². The van der Waals surface area contributed by atoms with Gasteiger partial charge >= 0.3 is 6.09 Å². The fraction of sp³-hybridized carbons (Fsp3) is 0.316. The molecule has 0 spiro atoms. The molecule has 1 amide bonds. The van der Waals surface area contributed by atoms with Crippen LogP contribution in [0.2, 0.25) is 0 Å². The maximum absolute atomic E-state index is 12.1. The van der Waals surface area contributed by atoms with E-state index in [4.69, 9.17) is 9.47 Å². The number of ether oxygens (including phenoxy) is 2. The Bertz CT molecular complexity index is 631. The fourth-order valence-electron chi connectivity index (χ4n) is 2.62. The van der Waals surface area contributed by atoms with E-state index in [0.29, 0.717) is 18.8 Å². The quantitative estimate of drug-likeness (QED) is 0.859. The van der Waals surface area contributed by atoms with Crippen LogP contribution in [0.4, 0.5) is 4.79 Å². The molecule has 2 aromatic carbocycles. The van der Waals surface area contributed by atoms with Gasteiger partial charge in [-0.15, -0.1) is 0 Å². The van der Waals surface area contributed by atoms with Crippen molar-refractivity contribution in [1.82, 2.24) is 4.90 Å². The number of hydrogen-bond acceptors (Lipinski definition) is 3. The Morgan fingerprint density at radius 2 is 1.61 bits per heavy atom. The monoisotopic (exact) mass is 311 g/mol. The fourth-order valence-corrected chi connectivity index (χ4v) is 2.62. The van der Waals surface area contributed by atoms with Crippen LogP contribution in [-0.2, 0) is 0 Å². The van der Waals surface area contributed by atoms with Crippen molar-refractivity contribution in [3.8, 4) is 11.5 Å². The summed E-state index contributed by atoms with van der Waals surface area (Å²) in [6.45, 7) is 3.37. The molecule has 0 radical (unpaired) electrons. The molecule has 120 valence electrons. The van der Waals surface area contributed by atoms with Crippen LogP contribution in [0.1, 0.15) is 18.4 Å². The van der Waals surface area contributed by atoms with Crippen molar-refractivity contribution in [3.63, 3.8) is 0 Å². The highest BCUT2D eigenvalue weighted by Gasteiger charge is 2.25. The number of likely N-dealkylation sites (tertiary alicyclic amines) is 1. The second-order valence-electron chi connectivity index (χ2n) is 5.80. The minimum Gasteiger partial charge on any atom is -0.490 e. The van der Waals surface area contributed by atoms with E-state index in [2.05, 4.69) is 6.92 Å².